The number of phenols is 1. The maximum atomic E-state index is 13.2. The van der Waals surface area contributed by atoms with Crippen molar-refractivity contribution in [3.63, 3.8) is 0 Å². The predicted molar refractivity (Wildman–Crippen MR) is 120 cm³/mol. The fourth-order valence-electron chi connectivity index (χ4n) is 4.30. The third-order valence-corrected chi connectivity index (χ3v) is 5.87. The first-order valence-corrected chi connectivity index (χ1v) is 10.3. The van der Waals surface area contributed by atoms with Crippen LogP contribution in [0.15, 0.2) is 72.3 Å². The van der Waals surface area contributed by atoms with Gasteiger partial charge in [-0.2, -0.15) is 5.26 Å². The van der Waals surface area contributed by atoms with Crippen LogP contribution in [-0.4, -0.2) is 28.5 Å². The van der Waals surface area contributed by atoms with Crippen molar-refractivity contribution in [3.05, 3.63) is 94.6 Å². The Labute approximate surface area is 189 Å². The van der Waals surface area contributed by atoms with Gasteiger partial charge in [0.05, 0.1) is 29.9 Å². The first-order valence-electron chi connectivity index (χ1n) is 10.3. The summed E-state index contributed by atoms with van der Waals surface area (Å²) in [6.07, 6.45) is 0.687. The second-order valence-electron chi connectivity index (χ2n) is 7.84. The minimum absolute atomic E-state index is 0.0346. The van der Waals surface area contributed by atoms with E-state index in [4.69, 9.17) is 10.00 Å². The van der Waals surface area contributed by atoms with Gasteiger partial charge in [0.1, 0.15) is 17.3 Å². The Hall–Kier alpha value is -4.57. The molecule has 33 heavy (non-hydrogen) atoms. The van der Waals surface area contributed by atoms with Crippen molar-refractivity contribution in [2.45, 2.75) is 12.5 Å². The molecule has 2 heterocycles. The van der Waals surface area contributed by atoms with Gasteiger partial charge in [-0.05, 0) is 65.7 Å². The van der Waals surface area contributed by atoms with Crippen LogP contribution in [0, 0.1) is 11.3 Å². The fraction of sp³-hybridized carbons (Fsp3) is 0.115. The summed E-state index contributed by atoms with van der Waals surface area (Å²) in [5.74, 6) is -1.24. The van der Waals surface area contributed by atoms with Gasteiger partial charge in [0.25, 0.3) is 11.7 Å². The maximum absolute atomic E-state index is 13.2. The molecule has 1 unspecified atom stereocenters. The number of rotatable bonds is 3. The summed E-state index contributed by atoms with van der Waals surface area (Å²) in [5.41, 5.74) is 2.50. The van der Waals surface area contributed by atoms with Crippen LogP contribution in [-0.2, 0) is 16.0 Å². The van der Waals surface area contributed by atoms with Crippen LogP contribution in [0.4, 0.5) is 5.69 Å². The second-order valence-corrected chi connectivity index (χ2v) is 7.84. The van der Waals surface area contributed by atoms with Crippen molar-refractivity contribution < 1.29 is 24.5 Å². The molecule has 3 aromatic carbocycles. The molecular weight excluding hydrogens is 420 g/mol. The topological polar surface area (TPSA) is 111 Å². The third-order valence-electron chi connectivity index (χ3n) is 5.87. The Bertz CT molecular complexity index is 1370. The van der Waals surface area contributed by atoms with Crippen molar-refractivity contribution in [2.24, 2.45) is 0 Å². The molecule has 7 heteroatoms. The largest absolute Gasteiger partial charge is 0.508 e. The third kappa shape index (κ3) is 3.38. The molecule has 1 amide bonds. The molecule has 0 radical (unpaired) electrons. The van der Waals surface area contributed by atoms with E-state index in [1.54, 1.807) is 54.6 Å². The van der Waals surface area contributed by atoms with Crippen LogP contribution in [0.2, 0.25) is 0 Å². The number of aliphatic hydroxyl groups is 1. The fourth-order valence-corrected chi connectivity index (χ4v) is 4.30. The lowest BCUT2D eigenvalue weighted by Crippen LogP contribution is -2.29. The molecule has 1 saturated heterocycles. The normalized spacial score (nSPS) is 18.6. The van der Waals surface area contributed by atoms with E-state index < -0.39 is 17.7 Å². The van der Waals surface area contributed by atoms with Crippen molar-refractivity contribution in [2.75, 3.05) is 11.5 Å². The Morgan fingerprint density at radius 1 is 1.06 bits per heavy atom. The minimum Gasteiger partial charge on any atom is -0.508 e. The molecule has 2 N–H and O–H groups in total. The van der Waals surface area contributed by atoms with E-state index >= 15 is 0 Å². The van der Waals surface area contributed by atoms with Crippen molar-refractivity contribution in [1.82, 2.24) is 0 Å². The number of aromatic hydroxyl groups is 1. The van der Waals surface area contributed by atoms with Gasteiger partial charge < -0.3 is 14.9 Å². The number of carbonyl (C=O) groups excluding carboxylic acids is 2. The zero-order valence-electron chi connectivity index (χ0n) is 17.4. The number of ether oxygens (including phenoxy) is 1. The first kappa shape index (κ1) is 20.3. The number of fused-ring (bicyclic) bond motifs is 1. The molecular formula is C26H18N2O5. The summed E-state index contributed by atoms with van der Waals surface area (Å²) >= 11 is 0. The Morgan fingerprint density at radius 2 is 1.85 bits per heavy atom. The lowest BCUT2D eigenvalue weighted by atomic mass is 9.94. The van der Waals surface area contributed by atoms with Crippen molar-refractivity contribution >= 4 is 23.1 Å². The number of aliphatic hydroxyl groups excluding tert-OH is 1. The number of phenolic OH excluding ortho intramolecular Hbond substituents is 1. The minimum atomic E-state index is -0.963. The molecule has 2 aliphatic rings. The van der Waals surface area contributed by atoms with E-state index in [2.05, 4.69) is 0 Å². The van der Waals surface area contributed by atoms with Gasteiger partial charge in [-0.25, -0.2) is 0 Å². The van der Waals surface area contributed by atoms with E-state index in [-0.39, 0.29) is 17.1 Å². The monoisotopic (exact) mass is 438 g/mol. The molecule has 0 spiro atoms. The number of nitriles is 1. The van der Waals surface area contributed by atoms with Crippen LogP contribution < -0.4 is 9.64 Å². The van der Waals surface area contributed by atoms with Crippen molar-refractivity contribution in [3.8, 4) is 17.6 Å². The number of ketones is 1. The highest BCUT2D eigenvalue weighted by molar-refractivity contribution is 6.51. The van der Waals surface area contributed by atoms with Crippen molar-refractivity contribution in [1.29, 1.82) is 5.26 Å². The molecule has 5 rings (SSSR count). The zero-order valence-corrected chi connectivity index (χ0v) is 17.4. The smallest absolute Gasteiger partial charge is 0.300 e. The lowest BCUT2D eigenvalue weighted by molar-refractivity contribution is -0.132. The van der Waals surface area contributed by atoms with Gasteiger partial charge >= 0.3 is 0 Å². The first-order chi connectivity index (χ1) is 16.0. The summed E-state index contributed by atoms with van der Waals surface area (Å²) in [5, 5.41) is 30.4. The molecule has 2 aliphatic heterocycles. The summed E-state index contributed by atoms with van der Waals surface area (Å²) in [6, 6.07) is 18.7. The molecule has 1 fully saturated rings. The molecule has 0 bridgehead atoms. The van der Waals surface area contributed by atoms with Crippen LogP contribution >= 0.6 is 0 Å². The predicted octanol–water partition coefficient (Wildman–Crippen LogP) is 3.83. The average molecular weight is 438 g/mol. The van der Waals surface area contributed by atoms with Gasteiger partial charge in [0.2, 0.25) is 0 Å². The Balaban J connectivity index is 1.70. The molecule has 0 aromatic heterocycles. The van der Waals surface area contributed by atoms with E-state index in [1.165, 1.54) is 17.0 Å². The number of nitrogens with zero attached hydrogens (tertiary/aromatic N) is 2. The molecule has 1 atom stereocenters. The van der Waals surface area contributed by atoms with E-state index in [9.17, 15) is 19.8 Å². The summed E-state index contributed by atoms with van der Waals surface area (Å²) in [7, 11) is 0. The molecule has 0 aliphatic carbocycles. The number of hydrogen-bond acceptors (Lipinski definition) is 6. The van der Waals surface area contributed by atoms with Crippen LogP contribution in [0.5, 0.6) is 11.5 Å². The van der Waals surface area contributed by atoms with Gasteiger partial charge in [-0.1, -0.05) is 12.1 Å². The molecule has 7 nitrogen and oxygen atoms in total. The summed E-state index contributed by atoms with van der Waals surface area (Å²) in [6.45, 7) is 0.548. The summed E-state index contributed by atoms with van der Waals surface area (Å²) in [4.78, 5) is 27.6. The Morgan fingerprint density at radius 3 is 2.58 bits per heavy atom. The van der Waals surface area contributed by atoms with Gasteiger partial charge in [0.15, 0.2) is 0 Å². The Kier molecular flexibility index (Phi) is 4.83. The standard InChI is InChI=1S/C26H18N2O5/c27-14-15-4-7-19(8-5-15)28-23(17-2-1-3-20(29)13-17)22(25(31)26(28)32)24(30)18-6-9-21-16(12-18)10-11-33-21/h1-9,12-13,23,29-30H,10-11H2/b24-22-. The van der Waals surface area contributed by atoms with E-state index in [0.717, 1.165) is 11.3 Å². The summed E-state index contributed by atoms with van der Waals surface area (Å²) < 4.78 is 5.52. The van der Waals surface area contributed by atoms with E-state index in [0.29, 0.717) is 35.4 Å². The van der Waals surface area contributed by atoms with Gasteiger partial charge in [-0.3, -0.25) is 14.5 Å². The number of benzene rings is 3. The van der Waals surface area contributed by atoms with Crippen LogP contribution in [0.1, 0.15) is 28.3 Å². The number of carbonyl (C=O) groups is 2. The quantitative estimate of drug-likeness (QED) is 0.365. The lowest BCUT2D eigenvalue weighted by Gasteiger charge is -2.25. The second kappa shape index (κ2) is 7.84. The zero-order chi connectivity index (χ0) is 23.1. The highest BCUT2D eigenvalue weighted by atomic mass is 16.5. The number of Topliss-reactive ketones (excluding diaryl/α,β-unsaturated/α-hetero) is 1. The van der Waals surface area contributed by atoms with Crippen LogP contribution in [0.25, 0.3) is 5.76 Å². The average Bonchev–Trinajstić information content (AvgIpc) is 3.41. The molecule has 0 saturated carbocycles. The van der Waals surface area contributed by atoms with Gasteiger partial charge in [0, 0.05) is 17.7 Å². The molecule has 3 aromatic rings. The number of anilines is 1. The number of hydrogen-bond donors (Lipinski definition) is 2. The van der Waals surface area contributed by atoms with Crippen LogP contribution in [0.3, 0.4) is 0 Å². The number of amides is 1. The highest BCUT2D eigenvalue weighted by Crippen LogP contribution is 2.43. The van der Waals surface area contributed by atoms with Gasteiger partial charge in [-0.15, -0.1) is 0 Å². The van der Waals surface area contributed by atoms with E-state index in [1.807, 2.05) is 6.07 Å². The molecule has 162 valence electrons. The SMILES string of the molecule is N#Cc1ccc(N2C(=O)C(=O)/C(=C(\O)c3ccc4c(c3)CCO4)C2c2cccc(O)c2)cc1. The maximum Gasteiger partial charge on any atom is 0.300 e. The highest BCUT2D eigenvalue weighted by Gasteiger charge is 2.47.